The van der Waals surface area contributed by atoms with Gasteiger partial charge in [0.2, 0.25) is 0 Å². The summed E-state index contributed by atoms with van der Waals surface area (Å²) in [5, 5.41) is 2.78. The maximum Gasteiger partial charge on any atom is 0.327 e. The van der Waals surface area contributed by atoms with Gasteiger partial charge in [0, 0.05) is 11.6 Å². The van der Waals surface area contributed by atoms with E-state index in [1.165, 1.54) is 4.90 Å². The number of carbonyl (C=O) groups is 3. The lowest BCUT2D eigenvalue weighted by molar-refractivity contribution is -0.125. The number of hydrogen-bond donors (Lipinski definition) is 1. The second kappa shape index (κ2) is 6.67. The fraction of sp³-hybridized carbons (Fsp3) is 0.316. The number of nitrogens with zero attached hydrogens (tertiary/aromatic N) is 2. The van der Waals surface area contributed by atoms with Gasteiger partial charge in [0.15, 0.2) is 0 Å². The molecule has 2 fully saturated rings. The number of furan rings is 1. The number of amides is 4. The highest BCUT2D eigenvalue weighted by atomic mass is 16.3. The van der Waals surface area contributed by atoms with E-state index >= 15 is 0 Å². The van der Waals surface area contributed by atoms with Gasteiger partial charge in [0.1, 0.15) is 12.3 Å². The van der Waals surface area contributed by atoms with Crippen LogP contribution in [0.1, 0.15) is 34.5 Å². The van der Waals surface area contributed by atoms with Crippen molar-refractivity contribution in [1.29, 1.82) is 0 Å². The summed E-state index contributed by atoms with van der Waals surface area (Å²) in [5.41, 5.74) is 1.22. The van der Waals surface area contributed by atoms with Crippen LogP contribution in [-0.2, 0) is 17.9 Å². The Morgan fingerprint density at radius 3 is 2.77 bits per heavy atom. The van der Waals surface area contributed by atoms with E-state index in [1.807, 2.05) is 6.07 Å². The van der Waals surface area contributed by atoms with E-state index in [1.54, 1.807) is 41.5 Å². The molecule has 1 aliphatic heterocycles. The minimum absolute atomic E-state index is 0.160. The first kappa shape index (κ1) is 16.4. The van der Waals surface area contributed by atoms with Crippen molar-refractivity contribution in [1.82, 2.24) is 15.1 Å². The average molecular weight is 353 g/mol. The Labute approximate surface area is 150 Å². The molecule has 0 atom stereocenters. The molecule has 1 aromatic carbocycles. The molecule has 0 unspecified atom stereocenters. The number of nitrogens with one attached hydrogen (secondary N) is 1. The number of carbonyl (C=O) groups excluding carboxylic acids is 3. The van der Waals surface area contributed by atoms with Gasteiger partial charge in [0.25, 0.3) is 11.8 Å². The van der Waals surface area contributed by atoms with Crippen LogP contribution in [0.25, 0.3) is 0 Å². The number of benzene rings is 1. The molecular weight excluding hydrogens is 334 g/mol. The Morgan fingerprint density at radius 2 is 2.04 bits per heavy atom. The normalized spacial score (nSPS) is 17.1. The van der Waals surface area contributed by atoms with E-state index in [2.05, 4.69) is 5.32 Å². The molecule has 1 N–H and O–H groups in total. The Bertz CT molecular complexity index is 842. The van der Waals surface area contributed by atoms with Crippen LogP contribution >= 0.6 is 0 Å². The second-order valence-electron chi connectivity index (χ2n) is 6.58. The number of rotatable bonds is 6. The summed E-state index contributed by atoms with van der Waals surface area (Å²) in [6.07, 6.45) is 3.49. The molecule has 4 rings (SSSR count). The molecule has 1 aromatic heterocycles. The van der Waals surface area contributed by atoms with E-state index in [0.29, 0.717) is 17.9 Å². The highest BCUT2D eigenvalue weighted by molar-refractivity contribution is 6.02. The molecule has 0 radical (unpaired) electrons. The summed E-state index contributed by atoms with van der Waals surface area (Å²) >= 11 is 0. The van der Waals surface area contributed by atoms with Crippen LogP contribution in [0.2, 0.25) is 0 Å². The minimum Gasteiger partial charge on any atom is -0.467 e. The monoisotopic (exact) mass is 353 g/mol. The molecule has 0 spiro atoms. The smallest absolute Gasteiger partial charge is 0.327 e. The third-order valence-electron chi connectivity index (χ3n) is 4.60. The molecule has 134 valence electrons. The third-order valence-corrected chi connectivity index (χ3v) is 4.60. The maximum atomic E-state index is 12.4. The predicted molar refractivity (Wildman–Crippen MR) is 92.0 cm³/mol. The van der Waals surface area contributed by atoms with E-state index in [9.17, 15) is 14.4 Å². The fourth-order valence-corrected chi connectivity index (χ4v) is 3.06. The summed E-state index contributed by atoms with van der Waals surface area (Å²) in [6.45, 7) is 0.641. The quantitative estimate of drug-likeness (QED) is 0.807. The summed E-state index contributed by atoms with van der Waals surface area (Å²) in [4.78, 5) is 39.8. The molecule has 0 bridgehead atoms. The summed E-state index contributed by atoms with van der Waals surface area (Å²) < 4.78 is 5.19. The number of hydrogen-bond acceptors (Lipinski definition) is 4. The maximum absolute atomic E-state index is 12.4. The van der Waals surface area contributed by atoms with Crippen LogP contribution in [0.5, 0.6) is 0 Å². The van der Waals surface area contributed by atoms with Crippen molar-refractivity contribution in [2.75, 3.05) is 6.54 Å². The number of urea groups is 1. The van der Waals surface area contributed by atoms with E-state index < -0.39 is 0 Å². The molecule has 1 aliphatic carbocycles. The highest BCUT2D eigenvalue weighted by Crippen LogP contribution is 2.30. The van der Waals surface area contributed by atoms with Gasteiger partial charge in [-0.1, -0.05) is 12.1 Å². The lowest BCUT2D eigenvalue weighted by Gasteiger charge is -2.16. The first-order chi connectivity index (χ1) is 12.6. The standard InChI is InChI=1S/C19H19N3O4/c23-17-12-21(15-6-7-15)19(25)22(17)11-13-3-1-4-14(9-13)18(24)20-10-16-5-2-8-26-16/h1-5,8-9,15H,6-7,10-12H2,(H,20,24). The summed E-state index contributed by atoms with van der Waals surface area (Å²) in [6, 6.07) is 10.5. The molecule has 1 saturated heterocycles. The van der Waals surface area contributed by atoms with Crippen molar-refractivity contribution in [3.05, 3.63) is 59.5 Å². The van der Waals surface area contributed by atoms with Gasteiger partial charge in [-0.3, -0.25) is 14.5 Å². The topological polar surface area (TPSA) is 82.9 Å². The molecule has 7 nitrogen and oxygen atoms in total. The van der Waals surface area contributed by atoms with E-state index in [4.69, 9.17) is 4.42 Å². The molecule has 2 aromatic rings. The second-order valence-corrected chi connectivity index (χ2v) is 6.58. The molecule has 2 heterocycles. The molecule has 2 aliphatic rings. The zero-order valence-corrected chi connectivity index (χ0v) is 14.2. The van der Waals surface area contributed by atoms with Gasteiger partial charge in [0.05, 0.1) is 19.4 Å². The molecule has 1 saturated carbocycles. The van der Waals surface area contributed by atoms with Crippen molar-refractivity contribution in [2.24, 2.45) is 0 Å². The Morgan fingerprint density at radius 1 is 1.19 bits per heavy atom. The van der Waals surface area contributed by atoms with Gasteiger partial charge < -0.3 is 14.6 Å². The minimum atomic E-state index is -0.234. The van der Waals surface area contributed by atoms with Crippen LogP contribution < -0.4 is 5.32 Å². The molecule has 4 amide bonds. The summed E-state index contributed by atoms with van der Waals surface area (Å²) in [7, 11) is 0. The lowest BCUT2D eigenvalue weighted by Crippen LogP contribution is -2.33. The van der Waals surface area contributed by atoms with Crippen LogP contribution in [0, 0.1) is 0 Å². The van der Waals surface area contributed by atoms with E-state index in [-0.39, 0.29) is 37.0 Å². The zero-order valence-electron chi connectivity index (χ0n) is 14.2. The van der Waals surface area contributed by atoms with Gasteiger partial charge in [-0.25, -0.2) is 4.79 Å². The van der Waals surface area contributed by atoms with Crippen molar-refractivity contribution >= 4 is 17.8 Å². The Hall–Kier alpha value is -3.09. The Balaban J connectivity index is 1.41. The van der Waals surface area contributed by atoms with Crippen LogP contribution in [0.4, 0.5) is 4.79 Å². The number of imide groups is 1. The highest BCUT2D eigenvalue weighted by Gasteiger charge is 2.43. The van der Waals surface area contributed by atoms with Crippen molar-refractivity contribution in [3.8, 4) is 0 Å². The van der Waals surface area contributed by atoms with Crippen molar-refractivity contribution in [3.63, 3.8) is 0 Å². The first-order valence-electron chi connectivity index (χ1n) is 8.62. The van der Waals surface area contributed by atoms with Gasteiger partial charge >= 0.3 is 6.03 Å². The predicted octanol–water partition coefficient (Wildman–Crippen LogP) is 2.14. The van der Waals surface area contributed by atoms with Crippen LogP contribution in [0.3, 0.4) is 0 Å². The van der Waals surface area contributed by atoms with Gasteiger partial charge in [-0.05, 0) is 42.7 Å². The van der Waals surface area contributed by atoms with Crippen LogP contribution in [-0.4, -0.2) is 40.2 Å². The van der Waals surface area contributed by atoms with Crippen LogP contribution in [0.15, 0.2) is 47.1 Å². The van der Waals surface area contributed by atoms with Crippen molar-refractivity contribution in [2.45, 2.75) is 32.0 Å². The molecule has 26 heavy (non-hydrogen) atoms. The average Bonchev–Trinajstić information content (AvgIpc) is 3.28. The fourth-order valence-electron chi connectivity index (χ4n) is 3.06. The third kappa shape index (κ3) is 3.33. The Kier molecular flexibility index (Phi) is 4.20. The summed E-state index contributed by atoms with van der Waals surface area (Å²) in [5.74, 6) is 0.249. The first-order valence-corrected chi connectivity index (χ1v) is 8.62. The molecular formula is C19H19N3O4. The van der Waals surface area contributed by atoms with Crippen molar-refractivity contribution < 1.29 is 18.8 Å². The van der Waals surface area contributed by atoms with Gasteiger partial charge in [-0.15, -0.1) is 0 Å². The largest absolute Gasteiger partial charge is 0.467 e. The molecule has 7 heteroatoms. The SMILES string of the molecule is O=C(NCc1ccco1)c1cccc(CN2C(=O)CN(C3CC3)C2=O)c1. The lowest BCUT2D eigenvalue weighted by atomic mass is 10.1. The zero-order chi connectivity index (χ0) is 18.1. The van der Waals surface area contributed by atoms with Gasteiger partial charge in [-0.2, -0.15) is 0 Å². The van der Waals surface area contributed by atoms with E-state index in [0.717, 1.165) is 18.4 Å².